The third kappa shape index (κ3) is 11.4. The van der Waals surface area contributed by atoms with Gasteiger partial charge in [0.2, 0.25) is 0 Å². The first kappa shape index (κ1) is 26.7. The Kier molecular flexibility index (Phi) is 14.2. The Hall–Kier alpha value is -1.51. The minimum atomic E-state index is -0.232. The van der Waals surface area contributed by atoms with Gasteiger partial charge < -0.3 is 9.47 Å². The minimum Gasteiger partial charge on any atom is -0.494 e. The van der Waals surface area contributed by atoms with Crippen LogP contribution in [0.2, 0.25) is 0 Å². The number of rotatable bonds is 17. The second-order valence-electron chi connectivity index (χ2n) is 9.80. The van der Waals surface area contributed by atoms with Gasteiger partial charge in [-0.2, -0.15) is 0 Å². The van der Waals surface area contributed by atoms with Crippen molar-refractivity contribution in [2.24, 2.45) is 11.8 Å². The summed E-state index contributed by atoms with van der Waals surface area (Å²) in [4.78, 5) is 12.1. The van der Waals surface area contributed by atoms with Gasteiger partial charge in [0.05, 0.1) is 18.8 Å². The van der Waals surface area contributed by atoms with E-state index in [2.05, 4.69) is 13.8 Å². The molecular weight excluding hydrogens is 396 g/mol. The summed E-state index contributed by atoms with van der Waals surface area (Å²) in [5, 5.41) is 0. The van der Waals surface area contributed by atoms with Gasteiger partial charge in [-0.05, 0) is 55.4 Å². The first-order valence-corrected chi connectivity index (χ1v) is 13.6. The summed E-state index contributed by atoms with van der Waals surface area (Å²) in [6.07, 6.45) is 21.1. The summed E-state index contributed by atoms with van der Waals surface area (Å²) in [5.41, 5.74) is 0.606. The van der Waals surface area contributed by atoms with Crippen LogP contribution >= 0.6 is 0 Å². The Bertz CT molecular complexity index is 587. The van der Waals surface area contributed by atoms with Gasteiger partial charge in [-0.15, -0.1) is 0 Å². The van der Waals surface area contributed by atoms with Gasteiger partial charge in [0.25, 0.3) is 0 Å². The predicted molar refractivity (Wildman–Crippen MR) is 134 cm³/mol. The van der Waals surface area contributed by atoms with Crippen molar-refractivity contribution in [2.75, 3.05) is 13.2 Å². The fourth-order valence-corrected chi connectivity index (χ4v) is 4.87. The molecule has 0 amide bonds. The van der Waals surface area contributed by atoms with Crippen molar-refractivity contribution in [3.05, 3.63) is 29.8 Å². The van der Waals surface area contributed by atoms with Crippen LogP contribution in [0, 0.1) is 11.8 Å². The van der Waals surface area contributed by atoms with Crippen molar-refractivity contribution >= 4 is 5.97 Å². The number of carbonyl (C=O) groups excluding carboxylic acids is 1. The van der Waals surface area contributed by atoms with Gasteiger partial charge in [0.15, 0.2) is 0 Å². The number of benzene rings is 1. The molecule has 0 spiro atoms. The lowest BCUT2D eigenvalue weighted by Crippen LogP contribution is -2.15. The van der Waals surface area contributed by atoms with Crippen molar-refractivity contribution in [1.82, 2.24) is 0 Å². The number of hydrogen-bond donors (Lipinski definition) is 0. The molecule has 0 unspecified atom stereocenters. The summed E-state index contributed by atoms with van der Waals surface area (Å²) in [6, 6.07) is 7.40. The molecular formula is C29H48O3. The van der Waals surface area contributed by atoms with Crippen LogP contribution in [0.5, 0.6) is 5.75 Å². The second kappa shape index (κ2) is 17.0. The Balaban J connectivity index is 1.52. The lowest BCUT2D eigenvalue weighted by Gasteiger charge is -2.28. The fourth-order valence-electron chi connectivity index (χ4n) is 4.87. The maximum Gasteiger partial charge on any atom is 0.338 e. The van der Waals surface area contributed by atoms with E-state index in [9.17, 15) is 4.79 Å². The molecule has 0 saturated heterocycles. The van der Waals surface area contributed by atoms with E-state index in [4.69, 9.17) is 9.47 Å². The van der Waals surface area contributed by atoms with E-state index in [0.29, 0.717) is 12.2 Å². The molecule has 0 radical (unpaired) electrons. The molecule has 2 rings (SSSR count). The van der Waals surface area contributed by atoms with Gasteiger partial charge in [-0.25, -0.2) is 4.79 Å². The minimum absolute atomic E-state index is 0.232. The number of esters is 1. The van der Waals surface area contributed by atoms with Crippen LogP contribution in [0.25, 0.3) is 0 Å². The average molecular weight is 445 g/mol. The van der Waals surface area contributed by atoms with Crippen molar-refractivity contribution < 1.29 is 14.3 Å². The molecule has 0 aliphatic heterocycles. The highest BCUT2D eigenvalue weighted by Crippen LogP contribution is 2.34. The second-order valence-corrected chi connectivity index (χ2v) is 9.80. The van der Waals surface area contributed by atoms with E-state index in [1.54, 1.807) is 0 Å². The number of hydrogen-bond acceptors (Lipinski definition) is 3. The van der Waals surface area contributed by atoms with E-state index in [1.807, 2.05) is 24.3 Å². The van der Waals surface area contributed by atoms with Gasteiger partial charge in [-0.1, -0.05) is 97.3 Å². The Labute approximate surface area is 197 Å². The molecule has 1 aromatic carbocycles. The molecule has 0 aromatic heterocycles. The molecule has 1 aliphatic rings. The highest BCUT2D eigenvalue weighted by molar-refractivity contribution is 5.89. The summed E-state index contributed by atoms with van der Waals surface area (Å²) < 4.78 is 11.3. The molecule has 3 nitrogen and oxygen atoms in total. The molecule has 1 aromatic rings. The smallest absolute Gasteiger partial charge is 0.338 e. The van der Waals surface area contributed by atoms with Crippen molar-refractivity contribution in [3.8, 4) is 5.75 Å². The maximum atomic E-state index is 12.1. The molecule has 0 bridgehead atoms. The third-order valence-corrected chi connectivity index (χ3v) is 7.03. The zero-order valence-corrected chi connectivity index (χ0v) is 20.9. The number of carbonyl (C=O) groups is 1. The molecule has 32 heavy (non-hydrogen) atoms. The maximum absolute atomic E-state index is 12.1. The van der Waals surface area contributed by atoms with Crippen LogP contribution in [0.15, 0.2) is 24.3 Å². The Morgan fingerprint density at radius 2 is 1.28 bits per heavy atom. The number of ether oxygens (including phenoxy) is 2. The number of unbranched alkanes of at least 4 members (excludes halogenated alkanes) is 7. The molecule has 0 N–H and O–H groups in total. The Morgan fingerprint density at radius 3 is 1.91 bits per heavy atom. The standard InChI is InChI=1S/C29H48O3/c1-3-5-7-9-10-13-25-15-17-26(18-16-25)14-12-24-31-28-21-19-27(20-22-28)29(30)32-23-11-8-6-4-2/h19-22,25-26H,3-18,23-24H2,1-2H3. The predicted octanol–water partition coefficient (Wildman–Crippen LogP) is 8.75. The zero-order valence-electron chi connectivity index (χ0n) is 20.9. The van der Waals surface area contributed by atoms with E-state index in [-0.39, 0.29) is 5.97 Å². The summed E-state index contributed by atoms with van der Waals surface area (Å²) >= 11 is 0. The topological polar surface area (TPSA) is 35.5 Å². The van der Waals surface area contributed by atoms with Gasteiger partial charge in [0.1, 0.15) is 5.75 Å². The van der Waals surface area contributed by atoms with Crippen LogP contribution in [0.4, 0.5) is 0 Å². The van der Waals surface area contributed by atoms with E-state index < -0.39 is 0 Å². The molecule has 1 saturated carbocycles. The molecule has 182 valence electrons. The summed E-state index contributed by atoms with van der Waals surface area (Å²) in [7, 11) is 0. The molecule has 0 atom stereocenters. The quantitative estimate of drug-likeness (QED) is 0.178. The van der Waals surface area contributed by atoms with Gasteiger partial charge in [0, 0.05) is 0 Å². The van der Waals surface area contributed by atoms with Crippen molar-refractivity contribution in [2.45, 2.75) is 117 Å². The first-order chi connectivity index (χ1) is 15.7. The largest absolute Gasteiger partial charge is 0.494 e. The van der Waals surface area contributed by atoms with Crippen molar-refractivity contribution in [3.63, 3.8) is 0 Å². The molecule has 0 heterocycles. The zero-order chi connectivity index (χ0) is 22.9. The monoisotopic (exact) mass is 444 g/mol. The lowest BCUT2D eigenvalue weighted by molar-refractivity contribution is 0.0498. The molecule has 3 heteroatoms. The molecule has 1 fully saturated rings. The first-order valence-electron chi connectivity index (χ1n) is 13.6. The van der Waals surface area contributed by atoms with Crippen LogP contribution < -0.4 is 4.74 Å². The van der Waals surface area contributed by atoms with E-state index in [0.717, 1.165) is 43.5 Å². The van der Waals surface area contributed by atoms with E-state index >= 15 is 0 Å². The SMILES string of the molecule is CCCCCCCC1CCC(CCCOc2ccc(C(=O)OCCCCCC)cc2)CC1. The van der Waals surface area contributed by atoms with E-state index in [1.165, 1.54) is 83.5 Å². The van der Waals surface area contributed by atoms with Crippen LogP contribution in [0.1, 0.15) is 127 Å². The summed E-state index contributed by atoms with van der Waals surface area (Å²) in [5.74, 6) is 2.50. The van der Waals surface area contributed by atoms with Crippen LogP contribution in [-0.4, -0.2) is 19.2 Å². The highest BCUT2D eigenvalue weighted by atomic mass is 16.5. The van der Waals surface area contributed by atoms with Crippen LogP contribution in [-0.2, 0) is 4.74 Å². The Morgan fingerprint density at radius 1 is 0.719 bits per heavy atom. The average Bonchev–Trinajstić information content (AvgIpc) is 2.82. The normalized spacial score (nSPS) is 18.4. The lowest BCUT2D eigenvalue weighted by atomic mass is 9.78. The molecule has 1 aliphatic carbocycles. The third-order valence-electron chi connectivity index (χ3n) is 7.03. The van der Waals surface area contributed by atoms with Crippen LogP contribution in [0.3, 0.4) is 0 Å². The van der Waals surface area contributed by atoms with Gasteiger partial charge >= 0.3 is 5.97 Å². The highest BCUT2D eigenvalue weighted by Gasteiger charge is 2.20. The van der Waals surface area contributed by atoms with Gasteiger partial charge in [-0.3, -0.25) is 0 Å². The van der Waals surface area contributed by atoms with Crippen molar-refractivity contribution in [1.29, 1.82) is 0 Å². The fraction of sp³-hybridized carbons (Fsp3) is 0.759. The summed E-state index contributed by atoms with van der Waals surface area (Å²) in [6.45, 7) is 5.74.